The lowest BCUT2D eigenvalue weighted by Crippen LogP contribution is -2.19. The van der Waals surface area contributed by atoms with Crippen molar-refractivity contribution in [3.8, 4) is 5.75 Å². The van der Waals surface area contributed by atoms with Gasteiger partial charge in [0.2, 0.25) is 9.05 Å². The van der Waals surface area contributed by atoms with Crippen molar-refractivity contribution in [3.05, 3.63) is 28.3 Å². The molecule has 3 nitrogen and oxygen atoms in total. The normalized spacial score (nSPS) is 13.3. The molecule has 1 aromatic carbocycles. The number of benzene rings is 1. The zero-order chi connectivity index (χ0) is 14.6. The van der Waals surface area contributed by atoms with E-state index in [4.69, 9.17) is 27.0 Å². The highest BCUT2D eigenvalue weighted by atomic mass is 35.7. The van der Waals surface area contributed by atoms with Crippen molar-refractivity contribution in [2.45, 2.75) is 27.2 Å². The van der Waals surface area contributed by atoms with Gasteiger partial charge in [-0.3, -0.25) is 0 Å². The molecule has 1 aromatic rings. The van der Waals surface area contributed by atoms with Crippen LogP contribution in [0.25, 0.3) is 0 Å². The third kappa shape index (κ3) is 5.59. The molecule has 6 heteroatoms. The first-order chi connectivity index (χ1) is 8.73. The molecule has 0 spiro atoms. The fourth-order valence-corrected chi connectivity index (χ4v) is 3.31. The fourth-order valence-electron chi connectivity index (χ4n) is 1.77. The Morgan fingerprint density at radius 1 is 1.26 bits per heavy atom. The molecule has 0 heterocycles. The lowest BCUT2D eigenvalue weighted by atomic mass is 10.1. The molecule has 0 N–H and O–H groups in total. The molecular weight excluding hydrogens is 307 g/mol. The molecule has 0 aliphatic rings. The number of rotatable bonds is 6. The minimum atomic E-state index is -3.49. The van der Waals surface area contributed by atoms with Gasteiger partial charge in [-0.2, -0.15) is 0 Å². The third-order valence-corrected chi connectivity index (χ3v) is 4.75. The second-order valence-electron chi connectivity index (χ2n) is 4.66. The van der Waals surface area contributed by atoms with E-state index in [0.29, 0.717) is 18.8 Å². The summed E-state index contributed by atoms with van der Waals surface area (Å²) in [6.07, 6.45) is 0.692. The molecule has 0 fully saturated rings. The lowest BCUT2D eigenvalue weighted by Gasteiger charge is -2.15. The average molecular weight is 325 g/mol. The van der Waals surface area contributed by atoms with Crippen LogP contribution in [0.1, 0.15) is 24.5 Å². The van der Waals surface area contributed by atoms with Gasteiger partial charge in [0.05, 0.1) is 12.4 Å². The third-order valence-electron chi connectivity index (χ3n) is 2.91. The molecule has 0 bridgehead atoms. The average Bonchev–Trinajstić information content (AvgIpc) is 2.29. The van der Waals surface area contributed by atoms with Crippen molar-refractivity contribution in [1.29, 1.82) is 0 Å². The van der Waals surface area contributed by atoms with E-state index in [2.05, 4.69) is 0 Å². The number of hydrogen-bond donors (Lipinski definition) is 0. The van der Waals surface area contributed by atoms with E-state index in [9.17, 15) is 8.42 Å². The Morgan fingerprint density at radius 3 is 2.21 bits per heavy atom. The summed E-state index contributed by atoms with van der Waals surface area (Å²) < 4.78 is 27.8. The van der Waals surface area contributed by atoms with Crippen molar-refractivity contribution in [3.63, 3.8) is 0 Å². The van der Waals surface area contributed by atoms with Crippen molar-refractivity contribution in [2.24, 2.45) is 5.92 Å². The van der Waals surface area contributed by atoms with Gasteiger partial charge in [-0.15, -0.1) is 0 Å². The zero-order valence-electron chi connectivity index (χ0n) is 11.2. The highest BCUT2D eigenvalue weighted by molar-refractivity contribution is 8.13. The molecule has 0 saturated carbocycles. The molecule has 0 aliphatic carbocycles. The monoisotopic (exact) mass is 324 g/mol. The summed E-state index contributed by atoms with van der Waals surface area (Å²) in [7, 11) is 1.77. The van der Waals surface area contributed by atoms with E-state index in [1.807, 2.05) is 32.9 Å². The van der Waals surface area contributed by atoms with Gasteiger partial charge in [0.25, 0.3) is 0 Å². The van der Waals surface area contributed by atoms with Crippen LogP contribution >= 0.6 is 22.3 Å². The minimum Gasteiger partial charge on any atom is -0.493 e. The zero-order valence-corrected chi connectivity index (χ0v) is 13.6. The van der Waals surface area contributed by atoms with Gasteiger partial charge in [0, 0.05) is 21.6 Å². The molecular formula is C13H18Cl2O3S. The highest BCUT2D eigenvalue weighted by Gasteiger charge is 2.16. The summed E-state index contributed by atoms with van der Waals surface area (Å²) in [5.74, 6) is 0.514. The molecule has 1 atom stereocenters. The lowest BCUT2D eigenvalue weighted by molar-refractivity contribution is 0.257. The summed E-state index contributed by atoms with van der Waals surface area (Å²) in [6.45, 7) is 6.04. The molecule has 0 amide bonds. The quantitative estimate of drug-likeness (QED) is 0.744. The summed E-state index contributed by atoms with van der Waals surface area (Å²) in [6, 6.07) is 3.69. The molecule has 1 rings (SSSR count). The second-order valence-corrected chi connectivity index (χ2v) is 7.86. The smallest absolute Gasteiger partial charge is 0.232 e. The Labute approximate surface area is 124 Å². The van der Waals surface area contributed by atoms with E-state index < -0.39 is 9.05 Å². The molecule has 0 aromatic heterocycles. The topological polar surface area (TPSA) is 43.4 Å². The summed E-state index contributed by atoms with van der Waals surface area (Å²) >= 11 is 6.07. The Balaban J connectivity index is 2.70. The summed E-state index contributed by atoms with van der Waals surface area (Å²) in [5.41, 5.74) is 1.88. The van der Waals surface area contributed by atoms with Gasteiger partial charge in [-0.05, 0) is 43.5 Å². The maximum Gasteiger partial charge on any atom is 0.232 e. The number of ether oxygens (including phenoxy) is 1. The molecule has 108 valence electrons. The van der Waals surface area contributed by atoms with Crippen LogP contribution in [0, 0.1) is 19.8 Å². The van der Waals surface area contributed by atoms with Crippen LogP contribution in [-0.2, 0) is 9.05 Å². The predicted molar refractivity (Wildman–Crippen MR) is 79.8 cm³/mol. The Kier molecular flexibility index (Phi) is 5.96. The second kappa shape index (κ2) is 6.82. The van der Waals surface area contributed by atoms with Crippen molar-refractivity contribution in [1.82, 2.24) is 0 Å². The Bertz CT molecular complexity index is 518. The van der Waals surface area contributed by atoms with Gasteiger partial charge in [0.1, 0.15) is 5.75 Å². The van der Waals surface area contributed by atoms with E-state index >= 15 is 0 Å². The first-order valence-electron chi connectivity index (χ1n) is 6.04. The standard InChI is InChI=1S/C13H18Cl2O3S/c1-4-11(8-19(15,16)17)7-18-12-5-9(2)13(14)10(3)6-12/h5-6,11H,4,7-8H2,1-3H3. The first-order valence-corrected chi connectivity index (χ1v) is 8.90. The van der Waals surface area contributed by atoms with Crippen LogP contribution < -0.4 is 4.74 Å². The van der Waals surface area contributed by atoms with Crippen LogP contribution in [0.3, 0.4) is 0 Å². The summed E-state index contributed by atoms with van der Waals surface area (Å²) in [4.78, 5) is 0. The van der Waals surface area contributed by atoms with Crippen LogP contribution in [0.15, 0.2) is 12.1 Å². The van der Waals surface area contributed by atoms with Crippen molar-refractivity contribution in [2.75, 3.05) is 12.4 Å². The summed E-state index contributed by atoms with van der Waals surface area (Å²) in [5, 5.41) is 0.725. The minimum absolute atomic E-state index is 0.0728. The molecule has 0 aliphatic heterocycles. The van der Waals surface area contributed by atoms with Gasteiger partial charge in [0.15, 0.2) is 0 Å². The van der Waals surface area contributed by atoms with E-state index in [-0.39, 0.29) is 11.7 Å². The Morgan fingerprint density at radius 2 is 1.79 bits per heavy atom. The predicted octanol–water partition coefficient (Wildman–Crippen LogP) is 3.93. The van der Waals surface area contributed by atoms with Gasteiger partial charge < -0.3 is 4.74 Å². The van der Waals surface area contributed by atoms with Crippen LogP contribution in [-0.4, -0.2) is 20.8 Å². The van der Waals surface area contributed by atoms with Gasteiger partial charge >= 0.3 is 0 Å². The Hall–Kier alpha value is -0.450. The van der Waals surface area contributed by atoms with E-state index in [0.717, 1.165) is 16.1 Å². The van der Waals surface area contributed by atoms with Crippen LogP contribution in [0.2, 0.25) is 5.02 Å². The number of aryl methyl sites for hydroxylation is 2. The van der Waals surface area contributed by atoms with Crippen molar-refractivity contribution < 1.29 is 13.2 Å². The van der Waals surface area contributed by atoms with Gasteiger partial charge in [-0.1, -0.05) is 18.5 Å². The highest BCUT2D eigenvalue weighted by Crippen LogP contribution is 2.26. The van der Waals surface area contributed by atoms with E-state index in [1.54, 1.807) is 0 Å². The number of halogens is 2. The maximum atomic E-state index is 11.1. The van der Waals surface area contributed by atoms with E-state index in [1.165, 1.54) is 0 Å². The maximum absolute atomic E-state index is 11.1. The van der Waals surface area contributed by atoms with Gasteiger partial charge in [-0.25, -0.2) is 8.42 Å². The van der Waals surface area contributed by atoms with Crippen LogP contribution in [0.5, 0.6) is 5.75 Å². The number of hydrogen-bond acceptors (Lipinski definition) is 3. The molecule has 0 radical (unpaired) electrons. The van der Waals surface area contributed by atoms with Crippen LogP contribution in [0.4, 0.5) is 0 Å². The SMILES string of the molecule is CCC(COc1cc(C)c(Cl)c(C)c1)CS(=O)(=O)Cl. The molecule has 19 heavy (non-hydrogen) atoms. The fraction of sp³-hybridized carbons (Fsp3) is 0.538. The molecule has 0 saturated heterocycles. The largest absolute Gasteiger partial charge is 0.493 e. The van der Waals surface area contributed by atoms with Crippen molar-refractivity contribution >= 4 is 31.3 Å². The first kappa shape index (κ1) is 16.6. The molecule has 1 unspecified atom stereocenters.